The monoisotopic (exact) mass is 228 g/mol. The summed E-state index contributed by atoms with van der Waals surface area (Å²) in [5, 5.41) is 13.5. The summed E-state index contributed by atoms with van der Waals surface area (Å²) in [7, 11) is 0. The summed E-state index contributed by atoms with van der Waals surface area (Å²) < 4.78 is 0. The van der Waals surface area contributed by atoms with Crippen molar-refractivity contribution in [2.24, 2.45) is 0 Å². The minimum absolute atomic E-state index is 0.250. The minimum atomic E-state index is 0.250. The number of nitrogens with zero attached hydrogens (tertiary/aromatic N) is 1. The zero-order chi connectivity index (χ0) is 11.3. The van der Waals surface area contributed by atoms with E-state index in [0.717, 1.165) is 17.8 Å². The molecule has 1 aromatic rings. The van der Waals surface area contributed by atoms with Gasteiger partial charge in [-0.2, -0.15) is 0 Å². The van der Waals surface area contributed by atoms with Gasteiger partial charge in [-0.25, -0.2) is 4.98 Å². The Morgan fingerprint density at radius 1 is 1.60 bits per heavy atom. The lowest BCUT2D eigenvalue weighted by atomic mass is 10.1. The molecule has 0 aliphatic heterocycles. The van der Waals surface area contributed by atoms with E-state index in [2.05, 4.69) is 24.1 Å². The second kappa shape index (κ2) is 6.20. The third-order valence-electron chi connectivity index (χ3n) is 2.52. The molecule has 3 nitrogen and oxygen atoms in total. The number of thiazole rings is 1. The third-order valence-corrected chi connectivity index (χ3v) is 3.62. The Labute approximate surface area is 95.6 Å². The highest BCUT2D eigenvalue weighted by molar-refractivity contribution is 7.11. The van der Waals surface area contributed by atoms with Crippen molar-refractivity contribution in [1.82, 2.24) is 10.3 Å². The molecule has 1 aromatic heterocycles. The second-order valence-corrected chi connectivity index (χ2v) is 5.05. The van der Waals surface area contributed by atoms with E-state index in [4.69, 9.17) is 5.11 Å². The van der Waals surface area contributed by atoms with Gasteiger partial charge in [-0.1, -0.05) is 6.92 Å². The summed E-state index contributed by atoms with van der Waals surface area (Å²) in [4.78, 5) is 5.51. The second-order valence-electron chi connectivity index (χ2n) is 3.79. The topological polar surface area (TPSA) is 45.1 Å². The standard InChI is InChI=1S/C11H20N2OS/c1-4-10(5-6-14)13-8(2)11-7-12-9(3)15-11/h7-8,10,13-14H,4-6H2,1-3H3. The molecular weight excluding hydrogens is 208 g/mol. The van der Waals surface area contributed by atoms with Crippen LogP contribution in [0.5, 0.6) is 0 Å². The first-order chi connectivity index (χ1) is 7.17. The SMILES string of the molecule is CCC(CCO)NC(C)c1cnc(C)s1. The van der Waals surface area contributed by atoms with Gasteiger partial charge in [0.25, 0.3) is 0 Å². The average molecular weight is 228 g/mol. The van der Waals surface area contributed by atoms with E-state index in [0.29, 0.717) is 12.1 Å². The molecule has 0 bridgehead atoms. The van der Waals surface area contributed by atoms with Gasteiger partial charge in [0.15, 0.2) is 0 Å². The summed E-state index contributed by atoms with van der Waals surface area (Å²) in [5.41, 5.74) is 0. The Morgan fingerprint density at radius 2 is 2.33 bits per heavy atom. The number of aliphatic hydroxyl groups is 1. The van der Waals surface area contributed by atoms with Gasteiger partial charge < -0.3 is 10.4 Å². The van der Waals surface area contributed by atoms with E-state index in [-0.39, 0.29) is 6.61 Å². The number of hydrogen-bond donors (Lipinski definition) is 2. The molecule has 86 valence electrons. The van der Waals surface area contributed by atoms with Crippen LogP contribution in [0, 0.1) is 6.92 Å². The van der Waals surface area contributed by atoms with Crippen molar-refractivity contribution >= 4 is 11.3 Å². The van der Waals surface area contributed by atoms with Crippen molar-refractivity contribution in [1.29, 1.82) is 0 Å². The molecular formula is C11H20N2OS. The molecule has 0 aliphatic carbocycles. The fourth-order valence-electron chi connectivity index (χ4n) is 1.57. The van der Waals surface area contributed by atoms with Crippen LogP contribution < -0.4 is 5.32 Å². The largest absolute Gasteiger partial charge is 0.396 e. The molecule has 2 N–H and O–H groups in total. The van der Waals surface area contributed by atoms with E-state index in [1.54, 1.807) is 11.3 Å². The van der Waals surface area contributed by atoms with Gasteiger partial charge in [0, 0.05) is 29.8 Å². The Balaban J connectivity index is 2.50. The number of nitrogens with one attached hydrogen (secondary N) is 1. The van der Waals surface area contributed by atoms with Gasteiger partial charge in [-0.15, -0.1) is 11.3 Å². The van der Waals surface area contributed by atoms with E-state index in [1.807, 2.05) is 13.1 Å². The molecule has 0 aliphatic rings. The van der Waals surface area contributed by atoms with Crippen LogP contribution in [-0.2, 0) is 0 Å². The fraction of sp³-hybridized carbons (Fsp3) is 0.727. The number of aryl methyl sites for hydroxylation is 1. The van der Waals surface area contributed by atoms with E-state index in [9.17, 15) is 0 Å². The van der Waals surface area contributed by atoms with Crippen molar-refractivity contribution in [2.45, 2.75) is 45.7 Å². The molecule has 0 aromatic carbocycles. The first-order valence-corrected chi connectivity index (χ1v) is 6.28. The van der Waals surface area contributed by atoms with Crippen molar-refractivity contribution in [3.63, 3.8) is 0 Å². The van der Waals surface area contributed by atoms with Crippen molar-refractivity contribution in [2.75, 3.05) is 6.61 Å². The van der Waals surface area contributed by atoms with E-state index < -0.39 is 0 Å². The zero-order valence-electron chi connectivity index (χ0n) is 9.66. The number of rotatable bonds is 6. The molecule has 0 saturated carbocycles. The Morgan fingerprint density at radius 3 is 2.80 bits per heavy atom. The minimum Gasteiger partial charge on any atom is -0.396 e. The van der Waals surface area contributed by atoms with Crippen LogP contribution in [-0.4, -0.2) is 22.7 Å². The summed E-state index contributed by atoms with van der Waals surface area (Å²) in [5.74, 6) is 0. The lowest BCUT2D eigenvalue weighted by Crippen LogP contribution is -2.31. The predicted octanol–water partition coefficient (Wildman–Crippen LogP) is 2.26. The molecule has 2 unspecified atom stereocenters. The third kappa shape index (κ3) is 3.89. The van der Waals surface area contributed by atoms with Crippen molar-refractivity contribution < 1.29 is 5.11 Å². The van der Waals surface area contributed by atoms with Gasteiger partial charge in [0.2, 0.25) is 0 Å². The summed E-state index contributed by atoms with van der Waals surface area (Å²) in [6.07, 6.45) is 3.80. The van der Waals surface area contributed by atoms with Crippen LogP contribution in [0.1, 0.15) is 42.6 Å². The van der Waals surface area contributed by atoms with Crippen molar-refractivity contribution in [3.05, 3.63) is 16.1 Å². The van der Waals surface area contributed by atoms with Crippen LogP contribution in [0.25, 0.3) is 0 Å². The zero-order valence-corrected chi connectivity index (χ0v) is 10.5. The molecule has 0 radical (unpaired) electrons. The summed E-state index contributed by atoms with van der Waals surface area (Å²) in [6.45, 7) is 6.55. The normalized spacial score (nSPS) is 15.2. The highest BCUT2D eigenvalue weighted by atomic mass is 32.1. The lowest BCUT2D eigenvalue weighted by Gasteiger charge is -2.20. The predicted molar refractivity (Wildman–Crippen MR) is 64.2 cm³/mol. The average Bonchev–Trinajstić information content (AvgIpc) is 2.64. The van der Waals surface area contributed by atoms with E-state index in [1.165, 1.54) is 4.88 Å². The molecule has 0 amide bonds. The number of aromatic nitrogens is 1. The molecule has 1 rings (SSSR count). The summed E-state index contributed by atoms with van der Waals surface area (Å²) in [6, 6.07) is 0.722. The van der Waals surface area contributed by atoms with Gasteiger partial charge in [0.05, 0.1) is 5.01 Å². The molecule has 0 fully saturated rings. The molecule has 4 heteroatoms. The first-order valence-electron chi connectivity index (χ1n) is 5.46. The molecule has 15 heavy (non-hydrogen) atoms. The summed E-state index contributed by atoms with van der Waals surface area (Å²) >= 11 is 1.73. The number of hydrogen-bond acceptors (Lipinski definition) is 4. The Kier molecular flexibility index (Phi) is 5.22. The van der Waals surface area contributed by atoms with Crippen LogP contribution in [0.4, 0.5) is 0 Å². The molecule has 2 atom stereocenters. The number of aliphatic hydroxyl groups excluding tert-OH is 1. The van der Waals surface area contributed by atoms with Crippen molar-refractivity contribution in [3.8, 4) is 0 Å². The highest BCUT2D eigenvalue weighted by Gasteiger charge is 2.13. The Bertz CT molecular complexity index is 288. The maximum atomic E-state index is 8.91. The van der Waals surface area contributed by atoms with Crippen LogP contribution in [0.3, 0.4) is 0 Å². The maximum Gasteiger partial charge on any atom is 0.0897 e. The van der Waals surface area contributed by atoms with E-state index >= 15 is 0 Å². The molecule has 0 saturated heterocycles. The van der Waals surface area contributed by atoms with Crippen LogP contribution in [0.15, 0.2) is 6.20 Å². The van der Waals surface area contributed by atoms with Gasteiger partial charge in [-0.05, 0) is 26.7 Å². The van der Waals surface area contributed by atoms with Gasteiger partial charge >= 0.3 is 0 Å². The lowest BCUT2D eigenvalue weighted by molar-refractivity contribution is 0.257. The van der Waals surface area contributed by atoms with Gasteiger partial charge in [0.1, 0.15) is 0 Å². The molecule has 1 heterocycles. The maximum absolute atomic E-state index is 8.91. The quantitative estimate of drug-likeness (QED) is 0.785. The highest BCUT2D eigenvalue weighted by Crippen LogP contribution is 2.20. The van der Waals surface area contributed by atoms with Crippen LogP contribution in [0.2, 0.25) is 0 Å². The fourth-order valence-corrected chi connectivity index (χ4v) is 2.37. The Hall–Kier alpha value is -0.450. The van der Waals surface area contributed by atoms with Crippen LogP contribution >= 0.6 is 11.3 Å². The first kappa shape index (κ1) is 12.6. The van der Waals surface area contributed by atoms with Gasteiger partial charge in [-0.3, -0.25) is 0 Å². The molecule has 0 spiro atoms. The smallest absolute Gasteiger partial charge is 0.0897 e.